The first-order valence-electron chi connectivity index (χ1n) is 7.61. The molecule has 0 amide bonds. The van der Waals surface area contributed by atoms with Gasteiger partial charge in [0.2, 0.25) is 0 Å². The minimum Gasteiger partial charge on any atom is -0.486 e. The molecule has 4 heteroatoms. The van der Waals surface area contributed by atoms with Crippen LogP contribution in [-0.2, 0) is 11.2 Å². The van der Waals surface area contributed by atoms with Crippen LogP contribution in [0.5, 0.6) is 11.5 Å². The van der Waals surface area contributed by atoms with Crippen LogP contribution in [-0.4, -0.2) is 39.0 Å². The Balaban J connectivity index is 1.48. The van der Waals surface area contributed by atoms with Crippen molar-refractivity contribution in [1.29, 1.82) is 0 Å². The van der Waals surface area contributed by atoms with E-state index in [1.165, 1.54) is 18.4 Å². The maximum Gasteiger partial charge on any atom is 0.161 e. The van der Waals surface area contributed by atoms with Gasteiger partial charge >= 0.3 is 0 Å². The van der Waals surface area contributed by atoms with Gasteiger partial charge in [0, 0.05) is 19.3 Å². The Morgan fingerprint density at radius 1 is 1.00 bits per heavy atom. The smallest absolute Gasteiger partial charge is 0.161 e. The van der Waals surface area contributed by atoms with Crippen molar-refractivity contribution in [2.24, 2.45) is 0 Å². The van der Waals surface area contributed by atoms with Gasteiger partial charge in [-0.05, 0) is 49.9 Å². The lowest BCUT2D eigenvalue weighted by atomic mass is 10.1. The van der Waals surface area contributed by atoms with Crippen molar-refractivity contribution in [3.63, 3.8) is 0 Å². The third-order valence-electron chi connectivity index (χ3n) is 3.91. The maximum absolute atomic E-state index is 5.61. The summed E-state index contributed by atoms with van der Waals surface area (Å²) in [5, 5.41) is 3.64. The molecule has 0 bridgehead atoms. The van der Waals surface area contributed by atoms with E-state index in [-0.39, 0.29) is 0 Å². The maximum atomic E-state index is 5.61. The molecule has 0 spiro atoms. The van der Waals surface area contributed by atoms with E-state index in [9.17, 15) is 0 Å². The molecule has 1 unspecified atom stereocenters. The largest absolute Gasteiger partial charge is 0.486 e. The zero-order valence-corrected chi connectivity index (χ0v) is 11.9. The second-order valence-corrected chi connectivity index (χ2v) is 5.42. The Bertz CT molecular complexity index is 428. The average Bonchev–Trinajstić information content (AvgIpc) is 2.76. The molecule has 1 aromatic rings. The van der Waals surface area contributed by atoms with Crippen LogP contribution in [0.3, 0.4) is 0 Å². The molecule has 0 aromatic heterocycles. The van der Waals surface area contributed by atoms with Crippen LogP contribution in [0.2, 0.25) is 0 Å². The van der Waals surface area contributed by atoms with Crippen LogP contribution in [0.25, 0.3) is 0 Å². The van der Waals surface area contributed by atoms with E-state index in [0.29, 0.717) is 19.3 Å². The highest BCUT2D eigenvalue weighted by molar-refractivity contribution is 5.43. The van der Waals surface area contributed by atoms with E-state index < -0.39 is 0 Å². The van der Waals surface area contributed by atoms with E-state index in [4.69, 9.17) is 14.2 Å². The molecule has 2 aliphatic rings. The first kappa shape index (κ1) is 13.7. The Kier molecular flexibility index (Phi) is 4.77. The number of fused-ring (bicyclic) bond motifs is 1. The highest BCUT2D eigenvalue weighted by Crippen LogP contribution is 2.30. The fraction of sp³-hybridized carbons (Fsp3) is 0.625. The van der Waals surface area contributed by atoms with Crippen LogP contribution < -0.4 is 14.8 Å². The molecule has 20 heavy (non-hydrogen) atoms. The molecule has 1 atom stereocenters. The van der Waals surface area contributed by atoms with Crippen LogP contribution in [0.15, 0.2) is 18.2 Å². The Labute approximate surface area is 120 Å². The Morgan fingerprint density at radius 2 is 1.90 bits per heavy atom. The van der Waals surface area contributed by atoms with E-state index in [1.807, 2.05) is 6.07 Å². The summed E-state index contributed by atoms with van der Waals surface area (Å²) in [7, 11) is 0. The van der Waals surface area contributed by atoms with Gasteiger partial charge in [0.05, 0.1) is 0 Å². The van der Waals surface area contributed by atoms with Crippen molar-refractivity contribution >= 4 is 0 Å². The summed E-state index contributed by atoms with van der Waals surface area (Å²) in [6, 6.07) is 6.86. The lowest BCUT2D eigenvalue weighted by molar-refractivity contribution is 0.142. The van der Waals surface area contributed by atoms with Gasteiger partial charge in [-0.2, -0.15) is 0 Å². The molecule has 110 valence electrons. The van der Waals surface area contributed by atoms with Crippen LogP contribution in [0.1, 0.15) is 24.8 Å². The lowest BCUT2D eigenvalue weighted by Crippen LogP contribution is -2.31. The molecule has 1 fully saturated rings. The van der Waals surface area contributed by atoms with Gasteiger partial charge in [-0.1, -0.05) is 6.07 Å². The first-order valence-corrected chi connectivity index (χ1v) is 7.61. The minimum atomic E-state index is 0.606. The van der Waals surface area contributed by atoms with Gasteiger partial charge in [-0.25, -0.2) is 0 Å². The van der Waals surface area contributed by atoms with Crippen LogP contribution in [0, 0.1) is 0 Å². The van der Waals surface area contributed by atoms with Crippen molar-refractivity contribution < 1.29 is 14.2 Å². The SMILES string of the molecule is c1cc2c(cc1CCNC1CCCOCC1)OCCO2. The Hall–Kier alpha value is -1.26. The molecular weight excluding hydrogens is 254 g/mol. The molecule has 1 saturated heterocycles. The van der Waals surface area contributed by atoms with Gasteiger partial charge in [-0.15, -0.1) is 0 Å². The van der Waals surface area contributed by atoms with Crippen molar-refractivity contribution in [1.82, 2.24) is 5.32 Å². The standard InChI is InChI=1S/C16H23NO3/c1-2-14(6-9-18-8-1)17-7-5-13-3-4-15-16(12-13)20-11-10-19-15/h3-4,12,14,17H,1-2,5-11H2. The third kappa shape index (κ3) is 3.64. The highest BCUT2D eigenvalue weighted by Gasteiger charge is 2.13. The summed E-state index contributed by atoms with van der Waals surface area (Å²) in [5.74, 6) is 1.76. The normalized spacial score (nSPS) is 22.3. The topological polar surface area (TPSA) is 39.7 Å². The predicted octanol–water partition coefficient (Wildman–Crippen LogP) is 2.16. The minimum absolute atomic E-state index is 0.606. The molecule has 4 nitrogen and oxygen atoms in total. The molecule has 2 heterocycles. The summed E-state index contributed by atoms with van der Waals surface area (Å²) in [4.78, 5) is 0. The van der Waals surface area contributed by atoms with Crippen molar-refractivity contribution in [3.8, 4) is 11.5 Å². The fourth-order valence-electron chi connectivity index (χ4n) is 2.77. The number of rotatable bonds is 4. The predicted molar refractivity (Wildman–Crippen MR) is 77.6 cm³/mol. The van der Waals surface area contributed by atoms with Gasteiger partial charge < -0.3 is 19.5 Å². The molecule has 0 aliphatic carbocycles. The number of benzene rings is 1. The number of nitrogens with one attached hydrogen (secondary N) is 1. The molecule has 3 rings (SSSR count). The Morgan fingerprint density at radius 3 is 2.85 bits per heavy atom. The number of hydrogen-bond donors (Lipinski definition) is 1. The zero-order chi connectivity index (χ0) is 13.6. The van der Waals surface area contributed by atoms with Crippen LogP contribution in [0.4, 0.5) is 0 Å². The highest BCUT2D eigenvalue weighted by atomic mass is 16.6. The molecular formula is C16H23NO3. The van der Waals surface area contributed by atoms with E-state index in [2.05, 4.69) is 17.4 Å². The third-order valence-corrected chi connectivity index (χ3v) is 3.91. The molecule has 1 aromatic carbocycles. The second-order valence-electron chi connectivity index (χ2n) is 5.42. The molecule has 2 aliphatic heterocycles. The monoisotopic (exact) mass is 277 g/mol. The quantitative estimate of drug-likeness (QED) is 0.915. The van der Waals surface area contributed by atoms with Gasteiger partial charge in [0.25, 0.3) is 0 Å². The molecule has 0 radical (unpaired) electrons. The second kappa shape index (κ2) is 6.95. The fourth-order valence-corrected chi connectivity index (χ4v) is 2.77. The average molecular weight is 277 g/mol. The summed E-state index contributed by atoms with van der Waals surface area (Å²) in [6.45, 7) is 4.11. The van der Waals surface area contributed by atoms with Gasteiger partial charge in [0.15, 0.2) is 11.5 Å². The number of hydrogen-bond acceptors (Lipinski definition) is 4. The van der Waals surface area contributed by atoms with Crippen molar-refractivity contribution in [3.05, 3.63) is 23.8 Å². The summed E-state index contributed by atoms with van der Waals surface area (Å²) < 4.78 is 16.6. The van der Waals surface area contributed by atoms with Gasteiger partial charge in [0.1, 0.15) is 13.2 Å². The molecule has 0 saturated carbocycles. The number of ether oxygens (including phenoxy) is 3. The summed E-state index contributed by atoms with van der Waals surface area (Å²) in [6.07, 6.45) is 4.54. The van der Waals surface area contributed by atoms with Crippen molar-refractivity contribution in [2.75, 3.05) is 33.0 Å². The lowest BCUT2D eigenvalue weighted by Gasteiger charge is -2.19. The summed E-state index contributed by atoms with van der Waals surface area (Å²) in [5.41, 5.74) is 1.30. The first-order chi connectivity index (χ1) is 9.92. The summed E-state index contributed by atoms with van der Waals surface area (Å²) >= 11 is 0. The molecule has 1 N–H and O–H groups in total. The van der Waals surface area contributed by atoms with E-state index >= 15 is 0 Å². The van der Waals surface area contributed by atoms with Gasteiger partial charge in [-0.3, -0.25) is 0 Å². The van der Waals surface area contributed by atoms with Crippen LogP contribution >= 0.6 is 0 Å². The zero-order valence-electron chi connectivity index (χ0n) is 11.9. The van der Waals surface area contributed by atoms with Crippen molar-refractivity contribution in [2.45, 2.75) is 31.7 Å². The van der Waals surface area contributed by atoms with E-state index in [0.717, 1.165) is 44.1 Å². The van der Waals surface area contributed by atoms with E-state index in [1.54, 1.807) is 0 Å².